The number of thioether (sulfide) groups is 1. The summed E-state index contributed by atoms with van der Waals surface area (Å²) in [6.45, 7) is 0. The Balaban J connectivity index is 1.80. The lowest BCUT2D eigenvalue weighted by atomic mass is 10.1. The molecule has 130 valence electrons. The second-order valence-corrected chi connectivity index (χ2v) is 6.50. The Bertz CT molecular complexity index is 616. The van der Waals surface area contributed by atoms with Gasteiger partial charge < -0.3 is 15.4 Å². The first-order valence-corrected chi connectivity index (χ1v) is 9.07. The largest absolute Gasteiger partial charge is 0.467 e. The Labute approximate surface area is 145 Å². The molecule has 1 aromatic rings. The maximum absolute atomic E-state index is 12.0. The number of carbonyl (C=O) groups is 3. The SMILES string of the molecule is COC(=O)[C@@H](NC(=O)CCC(=O)Nc1ccccc1SC)C1CC1. The van der Waals surface area contributed by atoms with Gasteiger partial charge in [0.05, 0.1) is 12.8 Å². The number of methoxy groups -OCH3 is 1. The van der Waals surface area contributed by atoms with Crippen LogP contribution in [-0.4, -0.2) is 37.2 Å². The van der Waals surface area contributed by atoms with E-state index in [2.05, 4.69) is 10.6 Å². The number of anilines is 1. The fourth-order valence-corrected chi connectivity index (χ4v) is 2.91. The third-order valence-electron chi connectivity index (χ3n) is 3.83. The molecule has 2 rings (SSSR count). The van der Waals surface area contributed by atoms with Crippen LogP contribution in [0, 0.1) is 5.92 Å². The molecule has 1 atom stereocenters. The average molecular weight is 350 g/mol. The highest BCUT2D eigenvalue weighted by Gasteiger charge is 2.37. The average Bonchev–Trinajstić information content (AvgIpc) is 3.42. The molecule has 0 bridgehead atoms. The third-order valence-corrected chi connectivity index (χ3v) is 4.62. The van der Waals surface area contributed by atoms with E-state index >= 15 is 0 Å². The lowest BCUT2D eigenvalue weighted by Gasteiger charge is -2.15. The minimum atomic E-state index is -0.595. The third kappa shape index (κ3) is 5.26. The molecule has 0 radical (unpaired) electrons. The van der Waals surface area contributed by atoms with Crippen molar-refractivity contribution in [1.29, 1.82) is 0 Å². The molecule has 1 aliphatic carbocycles. The zero-order valence-electron chi connectivity index (χ0n) is 13.8. The predicted octanol–water partition coefficient (Wildman–Crippen LogP) is 2.19. The van der Waals surface area contributed by atoms with Crippen molar-refractivity contribution in [1.82, 2.24) is 5.32 Å². The van der Waals surface area contributed by atoms with Crippen molar-refractivity contribution in [2.75, 3.05) is 18.7 Å². The second-order valence-electron chi connectivity index (χ2n) is 5.65. The number of hydrogen-bond acceptors (Lipinski definition) is 5. The molecule has 0 saturated heterocycles. The summed E-state index contributed by atoms with van der Waals surface area (Å²) >= 11 is 1.54. The van der Waals surface area contributed by atoms with Crippen LogP contribution < -0.4 is 10.6 Å². The topological polar surface area (TPSA) is 84.5 Å². The number of ether oxygens (including phenoxy) is 1. The number of benzene rings is 1. The lowest BCUT2D eigenvalue weighted by molar-refractivity contribution is -0.145. The highest BCUT2D eigenvalue weighted by molar-refractivity contribution is 7.98. The molecular formula is C17H22N2O4S. The van der Waals surface area contributed by atoms with E-state index in [1.165, 1.54) is 7.11 Å². The van der Waals surface area contributed by atoms with E-state index in [0.29, 0.717) is 0 Å². The number of esters is 1. The smallest absolute Gasteiger partial charge is 0.328 e. The van der Waals surface area contributed by atoms with Crippen molar-refractivity contribution >= 4 is 35.2 Å². The van der Waals surface area contributed by atoms with Gasteiger partial charge in [-0.3, -0.25) is 9.59 Å². The van der Waals surface area contributed by atoms with E-state index < -0.39 is 12.0 Å². The molecule has 6 nitrogen and oxygen atoms in total. The van der Waals surface area contributed by atoms with Crippen LogP contribution in [0.5, 0.6) is 0 Å². The van der Waals surface area contributed by atoms with E-state index in [9.17, 15) is 14.4 Å². The van der Waals surface area contributed by atoms with Crippen LogP contribution >= 0.6 is 11.8 Å². The molecule has 7 heteroatoms. The number of amides is 2. The number of para-hydroxylation sites is 1. The van der Waals surface area contributed by atoms with Crippen molar-refractivity contribution in [3.8, 4) is 0 Å². The standard InChI is InChI=1S/C17H22N2O4S/c1-23-17(22)16(11-7-8-11)19-15(21)10-9-14(20)18-12-5-3-4-6-13(12)24-2/h3-6,11,16H,7-10H2,1-2H3,(H,18,20)(H,19,21)/t16-/m0/s1. The van der Waals surface area contributed by atoms with E-state index in [0.717, 1.165) is 23.4 Å². The van der Waals surface area contributed by atoms with Gasteiger partial charge in [0.25, 0.3) is 0 Å². The number of hydrogen-bond donors (Lipinski definition) is 2. The van der Waals surface area contributed by atoms with Gasteiger partial charge in [-0.2, -0.15) is 0 Å². The Morgan fingerprint density at radius 3 is 2.50 bits per heavy atom. The van der Waals surface area contributed by atoms with Crippen LogP contribution in [0.25, 0.3) is 0 Å². The quantitative estimate of drug-likeness (QED) is 0.555. The van der Waals surface area contributed by atoms with Crippen LogP contribution in [0.3, 0.4) is 0 Å². The fraction of sp³-hybridized carbons (Fsp3) is 0.471. The molecule has 1 fully saturated rings. The minimum Gasteiger partial charge on any atom is -0.467 e. The normalized spacial score (nSPS) is 14.6. The lowest BCUT2D eigenvalue weighted by Crippen LogP contribution is -2.43. The monoisotopic (exact) mass is 350 g/mol. The molecule has 0 spiro atoms. The Kier molecular flexibility index (Phi) is 6.66. The maximum Gasteiger partial charge on any atom is 0.328 e. The van der Waals surface area contributed by atoms with Crippen molar-refractivity contribution in [3.05, 3.63) is 24.3 Å². The van der Waals surface area contributed by atoms with Gasteiger partial charge >= 0.3 is 5.97 Å². The summed E-state index contributed by atoms with van der Waals surface area (Å²) in [4.78, 5) is 36.6. The van der Waals surface area contributed by atoms with E-state index in [1.807, 2.05) is 30.5 Å². The molecule has 2 N–H and O–H groups in total. The highest BCUT2D eigenvalue weighted by Crippen LogP contribution is 2.33. The first kappa shape index (κ1) is 18.3. The Morgan fingerprint density at radius 2 is 1.88 bits per heavy atom. The molecule has 0 aromatic heterocycles. The minimum absolute atomic E-state index is 0.0352. The van der Waals surface area contributed by atoms with Gasteiger partial charge in [-0.1, -0.05) is 12.1 Å². The molecular weight excluding hydrogens is 328 g/mol. The maximum atomic E-state index is 12.0. The van der Waals surface area contributed by atoms with E-state index in [4.69, 9.17) is 4.74 Å². The summed E-state index contributed by atoms with van der Waals surface area (Å²) in [5.74, 6) is -0.814. The van der Waals surface area contributed by atoms with E-state index in [1.54, 1.807) is 11.8 Å². The van der Waals surface area contributed by atoms with Crippen LogP contribution in [-0.2, 0) is 19.1 Å². The van der Waals surface area contributed by atoms with Crippen molar-refractivity contribution in [3.63, 3.8) is 0 Å². The summed E-state index contributed by atoms with van der Waals surface area (Å²) in [6.07, 6.45) is 3.85. The fourth-order valence-electron chi connectivity index (χ4n) is 2.36. The molecule has 0 heterocycles. The van der Waals surface area contributed by atoms with Crippen LogP contribution in [0.4, 0.5) is 5.69 Å². The molecule has 0 aliphatic heterocycles. The van der Waals surface area contributed by atoms with E-state index in [-0.39, 0.29) is 30.6 Å². The van der Waals surface area contributed by atoms with Crippen LogP contribution in [0.2, 0.25) is 0 Å². The van der Waals surface area contributed by atoms with Gasteiger partial charge in [-0.05, 0) is 37.1 Å². The zero-order chi connectivity index (χ0) is 17.5. The number of carbonyl (C=O) groups excluding carboxylic acids is 3. The van der Waals surface area contributed by atoms with Crippen molar-refractivity contribution in [2.45, 2.75) is 36.6 Å². The van der Waals surface area contributed by atoms with Gasteiger partial charge in [-0.25, -0.2) is 4.79 Å². The predicted molar refractivity (Wildman–Crippen MR) is 92.8 cm³/mol. The summed E-state index contributed by atoms with van der Waals surface area (Å²) in [5.41, 5.74) is 0.737. The van der Waals surface area contributed by atoms with Crippen LogP contribution in [0.1, 0.15) is 25.7 Å². The molecule has 1 aliphatic rings. The second kappa shape index (κ2) is 8.73. The van der Waals surface area contributed by atoms with Gasteiger partial charge in [0.2, 0.25) is 11.8 Å². The number of rotatable bonds is 8. The first-order chi connectivity index (χ1) is 11.5. The van der Waals surface area contributed by atoms with Crippen LogP contribution in [0.15, 0.2) is 29.2 Å². The summed E-state index contributed by atoms with van der Waals surface area (Å²) in [5, 5.41) is 5.48. The molecule has 0 unspecified atom stereocenters. The molecule has 1 aromatic carbocycles. The summed E-state index contributed by atoms with van der Waals surface area (Å²) in [7, 11) is 1.31. The Hall–Kier alpha value is -2.02. The van der Waals surface area contributed by atoms with Gasteiger partial charge in [-0.15, -0.1) is 11.8 Å². The summed E-state index contributed by atoms with van der Waals surface area (Å²) < 4.78 is 4.71. The molecule has 2 amide bonds. The van der Waals surface area contributed by atoms with Crippen molar-refractivity contribution in [2.24, 2.45) is 5.92 Å². The highest BCUT2D eigenvalue weighted by atomic mass is 32.2. The molecule has 24 heavy (non-hydrogen) atoms. The van der Waals surface area contributed by atoms with Gasteiger partial charge in [0.15, 0.2) is 0 Å². The zero-order valence-corrected chi connectivity index (χ0v) is 14.7. The van der Waals surface area contributed by atoms with Gasteiger partial charge in [0, 0.05) is 17.7 Å². The van der Waals surface area contributed by atoms with Gasteiger partial charge in [0.1, 0.15) is 6.04 Å². The Morgan fingerprint density at radius 1 is 1.21 bits per heavy atom. The summed E-state index contributed by atoms with van der Waals surface area (Å²) in [6, 6.07) is 6.90. The molecule has 1 saturated carbocycles. The first-order valence-electron chi connectivity index (χ1n) is 7.85. The van der Waals surface area contributed by atoms with Crippen molar-refractivity contribution < 1.29 is 19.1 Å². The number of nitrogens with one attached hydrogen (secondary N) is 2.